The smallest absolute Gasteiger partial charge is 0.242 e. The van der Waals surface area contributed by atoms with Gasteiger partial charge in [0.25, 0.3) is 0 Å². The minimum absolute atomic E-state index is 0.167. The topological polar surface area (TPSA) is 89.6 Å². The molecule has 2 aromatic heterocycles. The highest BCUT2D eigenvalue weighted by atomic mass is 79.9. The third kappa shape index (κ3) is 5.50. The number of H-pyrrole nitrogens is 1. The summed E-state index contributed by atoms with van der Waals surface area (Å²) in [6, 6.07) is 8.67. The number of nitrogens with one attached hydrogen (secondary N) is 2. The van der Waals surface area contributed by atoms with Crippen LogP contribution in [0.5, 0.6) is 0 Å². The lowest BCUT2D eigenvalue weighted by atomic mass is 10.1. The van der Waals surface area contributed by atoms with E-state index < -0.39 is 0 Å². The number of methoxy groups -OCH3 is 1. The molecule has 0 unspecified atom stereocenters. The summed E-state index contributed by atoms with van der Waals surface area (Å²) in [7, 11) is 3.86. The predicted octanol–water partition coefficient (Wildman–Crippen LogP) is 3.58. The summed E-state index contributed by atoms with van der Waals surface area (Å²) in [4.78, 5) is 31.9. The van der Waals surface area contributed by atoms with Crippen molar-refractivity contribution in [3.63, 3.8) is 0 Å². The first-order valence-corrected chi connectivity index (χ1v) is 13.4. The molecule has 2 N–H and O–H groups in total. The van der Waals surface area contributed by atoms with E-state index in [0.717, 1.165) is 90.4 Å². The fourth-order valence-electron chi connectivity index (χ4n) is 4.96. The predicted molar refractivity (Wildman–Crippen MR) is 146 cm³/mol. The van der Waals surface area contributed by atoms with Crippen LogP contribution < -0.4 is 10.2 Å². The minimum atomic E-state index is 0.167. The van der Waals surface area contributed by atoms with Gasteiger partial charge in [-0.1, -0.05) is 0 Å². The average Bonchev–Trinajstić information content (AvgIpc) is 3.33. The number of likely N-dealkylation sites (tertiary alicyclic amines) is 1. The second kappa shape index (κ2) is 11.1. The van der Waals surface area contributed by atoms with Gasteiger partial charge in [0, 0.05) is 56.8 Å². The van der Waals surface area contributed by atoms with Gasteiger partial charge in [-0.2, -0.15) is 0 Å². The van der Waals surface area contributed by atoms with E-state index >= 15 is 0 Å². The van der Waals surface area contributed by atoms with Crippen molar-refractivity contribution in [2.45, 2.75) is 25.3 Å². The van der Waals surface area contributed by atoms with Gasteiger partial charge in [-0.3, -0.25) is 4.79 Å². The van der Waals surface area contributed by atoms with Crippen LogP contribution in [0.15, 0.2) is 34.9 Å². The quantitative estimate of drug-likeness (QED) is 0.410. The number of aromatic amines is 1. The maximum Gasteiger partial charge on any atom is 0.242 e. The van der Waals surface area contributed by atoms with Crippen LogP contribution in [0, 0.1) is 0 Å². The SMILES string of the molecule is COCCCN1CCN(c2ccc(-c3nc4c(NC5CCN(C)CC5)c(Br)cnc4[nH]3)cc2)CC1=O. The number of piperazine rings is 1. The normalized spacial score (nSPS) is 17.8. The molecule has 0 radical (unpaired) electrons. The average molecular weight is 557 g/mol. The molecule has 10 heteroatoms. The summed E-state index contributed by atoms with van der Waals surface area (Å²) in [6.07, 6.45) is 4.91. The Hall–Kier alpha value is -2.69. The number of amides is 1. The van der Waals surface area contributed by atoms with Crippen molar-refractivity contribution in [2.24, 2.45) is 0 Å². The van der Waals surface area contributed by atoms with E-state index in [1.54, 1.807) is 7.11 Å². The van der Waals surface area contributed by atoms with Crippen molar-refractivity contribution in [1.29, 1.82) is 0 Å². The van der Waals surface area contributed by atoms with Crippen molar-refractivity contribution >= 4 is 44.4 Å². The zero-order chi connectivity index (χ0) is 25.1. The molecule has 5 rings (SSSR count). The molecule has 2 saturated heterocycles. The Morgan fingerprint density at radius 3 is 2.67 bits per heavy atom. The highest BCUT2D eigenvalue weighted by Crippen LogP contribution is 2.33. The summed E-state index contributed by atoms with van der Waals surface area (Å²) in [5, 5.41) is 3.71. The molecule has 1 aromatic carbocycles. The molecule has 2 aliphatic heterocycles. The number of hydrogen-bond donors (Lipinski definition) is 2. The highest BCUT2D eigenvalue weighted by molar-refractivity contribution is 9.10. The highest BCUT2D eigenvalue weighted by Gasteiger charge is 2.24. The largest absolute Gasteiger partial charge is 0.385 e. The molecule has 0 atom stereocenters. The molecule has 0 spiro atoms. The summed E-state index contributed by atoms with van der Waals surface area (Å²) >= 11 is 3.67. The Balaban J connectivity index is 1.29. The van der Waals surface area contributed by atoms with Crippen LogP contribution in [0.1, 0.15) is 19.3 Å². The number of carbonyl (C=O) groups is 1. The van der Waals surface area contributed by atoms with Gasteiger partial charge >= 0.3 is 0 Å². The Morgan fingerprint density at radius 1 is 1.17 bits per heavy atom. The fourth-order valence-corrected chi connectivity index (χ4v) is 5.36. The lowest BCUT2D eigenvalue weighted by Gasteiger charge is -2.35. The number of nitrogens with zero attached hydrogens (tertiary/aromatic N) is 5. The lowest BCUT2D eigenvalue weighted by Crippen LogP contribution is -2.50. The molecule has 1 amide bonds. The molecule has 4 heterocycles. The second-order valence-corrected chi connectivity index (χ2v) is 10.5. The van der Waals surface area contributed by atoms with E-state index in [0.29, 0.717) is 19.2 Å². The molecule has 2 fully saturated rings. The number of benzene rings is 1. The number of imidazole rings is 1. The van der Waals surface area contributed by atoms with E-state index in [2.05, 4.69) is 72.3 Å². The van der Waals surface area contributed by atoms with Gasteiger partial charge in [0.05, 0.1) is 16.7 Å². The number of halogens is 1. The van der Waals surface area contributed by atoms with Gasteiger partial charge < -0.3 is 29.7 Å². The lowest BCUT2D eigenvalue weighted by molar-refractivity contribution is -0.131. The van der Waals surface area contributed by atoms with E-state index in [4.69, 9.17) is 9.72 Å². The standard InChI is InChI=1S/C26H34BrN7O2/c1-32-11-8-19(9-12-32)29-23-21(27)16-28-26-24(23)30-25(31-26)18-4-6-20(7-5-18)34-14-13-33(22(35)17-34)10-3-15-36-2/h4-7,16,19H,3,8-15,17H2,1-2H3,(H2,28,29,30,31). The van der Waals surface area contributed by atoms with Crippen LogP contribution in [0.25, 0.3) is 22.6 Å². The van der Waals surface area contributed by atoms with Crippen LogP contribution in [0.3, 0.4) is 0 Å². The Morgan fingerprint density at radius 2 is 1.94 bits per heavy atom. The summed E-state index contributed by atoms with van der Waals surface area (Å²) in [5.41, 5.74) is 4.64. The van der Waals surface area contributed by atoms with Gasteiger partial charge in [0.1, 0.15) is 11.3 Å². The third-order valence-corrected chi connectivity index (χ3v) is 7.74. The number of piperidine rings is 1. The van der Waals surface area contributed by atoms with Crippen LogP contribution in [0.2, 0.25) is 0 Å². The maximum absolute atomic E-state index is 12.6. The second-order valence-electron chi connectivity index (χ2n) is 9.68. The first-order valence-electron chi connectivity index (χ1n) is 12.6. The molecule has 0 saturated carbocycles. The number of aromatic nitrogens is 3. The molecule has 2 aliphatic rings. The molecular weight excluding hydrogens is 522 g/mol. The Kier molecular flexibility index (Phi) is 7.73. The number of ether oxygens (including phenoxy) is 1. The van der Waals surface area contributed by atoms with Crippen molar-refractivity contribution in [3.8, 4) is 11.4 Å². The molecule has 0 aliphatic carbocycles. The van der Waals surface area contributed by atoms with Crippen LogP contribution in [-0.4, -0.2) is 96.7 Å². The molecule has 9 nitrogen and oxygen atoms in total. The van der Waals surface area contributed by atoms with Gasteiger partial charge in [-0.05, 0) is 79.6 Å². The van der Waals surface area contributed by atoms with E-state index in [9.17, 15) is 4.79 Å². The number of anilines is 2. The minimum Gasteiger partial charge on any atom is -0.385 e. The molecule has 36 heavy (non-hydrogen) atoms. The summed E-state index contributed by atoms with van der Waals surface area (Å²) in [5.74, 6) is 0.952. The zero-order valence-electron chi connectivity index (χ0n) is 21.0. The van der Waals surface area contributed by atoms with Gasteiger partial charge in [0.15, 0.2) is 5.65 Å². The fraction of sp³-hybridized carbons (Fsp3) is 0.500. The molecule has 0 bridgehead atoms. The van der Waals surface area contributed by atoms with Gasteiger partial charge in [-0.25, -0.2) is 9.97 Å². The van der Waals surface area contributed by atoms with Crippen molar-refractivity contribution in [1.82, 2.24) is 24.8 Å². The summed E-state index contributed by atoms with van der Waals surface area (Å²) in [6.45, 7) is 5.59. The van der Waals surface area contributed by atoms with Crippen molar-refractivity contribution < 1.29 is 9.53 Å². The number of rotatable bonds is 8. The number of fused-ring (bicyclic) bond motifs is 1. The van der Waals surface area contributed by atoms with Gasteiger partial charge in [-0.15, -0.1) is 0 Å². The van der Waals surface area contributed by atoms with Crippen LogP contribution in [-0.2, 0) is 9.53 Å². The van der Waals surface area contributed by atoms with Gasteiger partial charge in [0.2, 0.25) is 5.91 Å². The maximum atomic E-state index is 12.6. The Labute approximate surface area is 220 Å². The van der Waals surface area contributed by atoms with E-state index in [1.165, 1.54) is 0 Å². The number of carbonyl (C=O) groups excluding carboxylic acids is 1. The van der Waals surface area contributed by atoms with E-state index in [1.807, 2.05) is 11.1 Å². The van der Waals surface area contributed by atoms with Crippen molar-refractivity contribution in [2.75, 3.05) is 70.2 Å². The van der Waals surface area contributed by atoms with Crippen LogP contribution >= 0.6 is 15.9 Å². The van der Waals surface area contributed by atoms with Crippen LogP contribution in [0.4, 0.5) is 11.4 Å². The zero-order valence-corrected chi connectivity index (χ0v) is 22.6. The Bertz CT molecular complexity index is 1190. The molecular formula is C26H34BrN7O2. The number of pyridine rings is 1. The summed E-state index contributed by atoms with van der Waals surface area (Å²) < 4.78 is 6.03. The third-order valence-electron chi connectivity index (χ3n) is 7.14. The number of hydrogen-bond acceptors (Lipinski definition) is 7. The van der Waals surface area contributed by atoms with Crippen molar-refractivity contribution in [3.05, 3.63) is 34.9 Å². The first kappa shape index (κ1) is 25.0. The van der Waals surface area contributed by atoms with E-state index in [-0.39, 0.29) is 5.91 Å². The molecule has 192 valence electrons. The first-order chi connectivity index (χ1) is 17.5. The monoisotopic (exact) mass is 555 g/mol. The molecule has 3 aromatic rings.